The molecule has 2 rings (SSSR count). The summed E-state index contributed by atoms with van der Waals surface area (Å²) in [7, 11) is 0. The molecule has 27 heavy (non-hydrogen) atoms. The van der Waals surface area contributed by atoms with Gasteiger partial charge in [-0.2, -0.15) is 0 Å². The summed E-state index contributed by atoms with van der Waals surface area (Å²) in [5.74, 6) is -2.19. The number of carboxylic acid groups (broad SMARTS) is 1. The predicted molar refractivity (Wildman–Crippen MR) is 94.4 cm³/mol. The Hall–Kier alpha value is -2.46. The van der Waals surface area contributed by atoms with Crippen molar-refractivity contribution in [2.75, 3.05) is 6.61 Å². The maximum Gasteiger partial charge on any atom is 0.370 e. The van der Waals surface area contributed by atoms with Gasteiger partial charge in [0.25, 0.3) is 0 Å². The normalized spacial score (nSPS) is 24.3. The van der Waals surface area contributed by atoms with Crippen LogP contribution in [0.15, 0.2) is 42.2 Å². The molecular weight excluding hydrogens is 356 g/mol. The molecule has 1 aliphatic rings. The Morgan fingerprint density at radius 2 is 1.89 bits per heavy atom. The fourth-order valence-corrected chi connectivity index (χ4v) is 2.89. The van der Waals surface area contributed by atoms with Gasteiger partial charge in [-0.15, -0.1) is 0 Å². The van der Waals surface area contributed by atoms with E-state index >= 15 is 0 Å². The highest BCUT2D eigenvalue weighted by Gasteiger charge is 2.43. The molecule has 9 nitrogen and oxygen atoms in total. The zero-order valence-corrected chi connectivity index (χ0v) is 14.8. The average Bonchev–Trinajstić information content (AvgIpc) is 2.65. The van der Waals surface area contributed by atoms with E-state index in [0.29, 0.717) is 6.54 Å². The van der Waals surface area contributed by atoms with E-state index in [1.54, 1.807) is 0 Å². The maximum atomic E-state index is 11.6. The number of rotatable bonds is 8. The highest BCUT2D eigenvalue weighted by atomic mass is 16.5. The van der Waals surface area contributed by atoms with Crippen LogP contribution in [0.25, 0.3) is 0 Å². The van der Waals surface area contributed by atoms with Crippen molar-refractivity contribution in [2.45, 2.75) is 43.9 Å². The van der Waals surface area contributed by atoms with Gasteiger partial charge in [-0.1, -0.05) is 30.3 Å². The summed E-state index contributed by atoms with van der Waals surface area (Å²) >= 11 is 0. The van der Waals surface area contributed by atoms with Crippen molar-refractivity contribution in [1.29, 1.82) is 0 Å². The summed E-state index contributed by atoms with van der Waals surface area (Å²) < 4.78 is 5.31. The van der Waals surface area contributed by atoms with Gasteiger partial charge in [-0.3, -0.25) is 4.79 Å². The largest absolute Gasteiger partial charge is 0.478 e. The van der Waals surface area contributed by atoms with Gasteiger partial charge < -0.3 is 35.8 Å². The first-order valence-electron chi connectivity index (χ1n) is 8.46. The number of hydrogen-bond donors (Lipinski definition) is 6. The minimum absolute atomic E-state index is 0.371. The summed E-state index contributed by atoms with van der Waals surface area (Å²) in [5.41, 5.74) is 0.934. The lowest BCUT2D eigenvalue weighted by Crippen LogP contribution is -2.62. The third kappa shape index (κ3) is 5.51. The van der Waals surface area contributed by atoms with Crippen LogP contribution in [0.5, 0.6) is 0 Å². The number of carbonyl (C=O) groups is 2. The topological polar surface area (TPSA) is 148 Å². The van der Waals surface area contributed by atoms with Crippen LogP contribution in [-0.4, -0.2) is 69.3 Å². The number of aliphatic hydroxyl groups is 3. The molecule has 1 aromatic rings. The van der Waals surface area contributed by atoms with Gasteiger partial charge >= 0.3 is 5.97 Å². The Morgan fingerprint density at radius 1 is 1.22 bits per heavy atom. The zero-order valence-electron chi connectivity index (χ0n) is 14.8. The van der Waals surface area contributed by atoms with Crippen molar-refractivity contribution in [2.24, 2.45) is 0 Å². The predicted octanol–water partition coefficient (Wildman–Crippen LogP) is -1.27. The van der Waals surface area contributed by atoms with Crippen LogP contribution in [0.4, 0.5) is 0 Å². The van der Waals surface area contributed by atoms with Crippen LogP contribution < -0.4 is 10.6 Å². The Bertz CT molecular complexity index is 680. The van der Waals surface area contributed by atoms with Crippen LogP contribution in [0.2, 0.25) is 0 Å². The highest BCUT2D eigenvalue weighted by Crippen LogP contribution is 2.23. The SMILES string of the molecule is CC(=O)N[C@H]1[C@H]([C@H](O)[C@H](O)CO)OC(C(=O)O)=C[C@@H]1NCc1ccccc1. The van der Waals surface area contributed by atoms with E-state index in [1.807, 2.05) is 30.3 Å². The van der Waals surface area contributed by atoms with Crippen LogP contribution in [0.1, 0.15) is 12.5 Å². The van der Waals surface area contributed by atoms with E-state index < -0.39 is 54.6 Å². The molecule has 0 bridgehead atoms. The molecule has 1 amide bonds. The second-order valence-corrected chi connectivity index (χ2v) is 6.28. The molecule has 0 spiro atoms. The monoisotopic (exact) mass is 380 g/mol. The molecule has 0 radical (unpaired) electrons. The van der Waals surface area contributed by atoms with Crippen molar-refractivity contribution in [3.05, 3.63) is 47.7 Å². The molecule has 0 unspecified atom stereocenters. The van der Waals surface area contributed by atoms with Crippen LogP contribution in [0.3, 0.4) is 0 Å². The Balaban J connectivity index is 2.30. The molecule has 148 valence electrons. The number of aliphatic hydroxyl groups excluding tert-OH is 3. The van der Waals surface area contributed by atoms with Gasteiger partial charge in [0, 0.05) is 13.5 Å². The quantitative estimate of drug-likeness (QED) is 0.327. The van der Waals surface area contributed by atoms with Gasteiger partial charge in [0.15, 0.2) is 0 Å². The van der Waals surface area contributed by atoms with E-state index in [2.05, 4.69) is 10.6 Å². The molecule has 0 saturated heterocycles. The first-order chi connectivity index (χ1) is 12.8. The van der Waals surface area contributed by atoms with Crippen LogP contribution in [0, 0.1) is 0 Å². The molecule has 1 aromatic carbocycles. The summed E-state index contributed by atoms with van der Waals surface area (Å²) in [6.45, 7) is 0.898. The molecule has 6 N–H and O–H groups in total. The molecule has 5 atom stereocenters. The Labute approximate surface area is 156 Å². The summed E-state index contributed by atoms with van der Waals surface area (Å²) in [4.78, 5) is 23.0. The maximum absolute atomic E-state index is 11.6. The van der Waals surface area contributed by atoms with Gasteiger partial charge in [0.1, 0.15) is 18.3 Å². The molecule has 9 heteroatoms. The Morgan fingerprint density at radius 3 is 2.44 bits per heavy atom. The fraction of sp³-hybridized carbons (Fsp3) is 0.444. The lowest BCUT2D eigenvalue weighted by Gasteiger charge is -2.40. The number of carboxylic acids is 1. The number of benzene rings is 1. The van der Waals surface area contributed by atoms with Gasteiger partial charge in [0.2, 0.25) is 11.7 Å². The van der Waals surface area contributed by atoms with E-state index in [0.717, 1.165) is 5.56 Å². The first kappa shape index (κ1) is 20.8. The van der Waals surface area contributed by atoms with Gasteiger partial charge in [-0.25, -0.2) is 4.79 Å². The number of nitrogens with one attached hydrogen (secondary N) is 2. The fourth-order valence-electron chi connectivity index (χ4n) is 2.89. The standard InChI is InChI=1S/C18H24N2O7/c1-10(22)20-15-12(19-8-11-5-3-2-4-6-11)7-14(18(25)26)27-17(15)16(24)13(23)9-21/h2-7,12-13,15-17,19,21,23-24H,8-9H2,1H3,(H,20,22)(H,25,26)/t12-,13+,15+,16+,17+/m0/s1. The summed E-state index contributed by atoms with van der Waals surface area (Å²) in [6, 6.07) is 7.77. The van der Waals surface area contributed by atoms with Gasteiger partial charge in [-0.05, 0) is 11.6 Å². The first-order valence-corrected chi connectivity index (χ1v) is 8.46. The molecule has 0 aliphatic carbocycles. The Kier molecular flexibility index (Phi) is 7.31. The average molecular weight is 380 g/mol. The van der Waals surface area contributed by atoms with Crippen molar-refractivity contribution >= 4 is 11.9 Å². The zero-order chi connectivity index (χ0) is 20.0. The van der Waals surface area contributed by atoms with Crippen LogP contribution >= 0.6 is 0 Å². The van der Waals surface area contributed by atoms with Crippen LogP contribution in [-0.2, 0) is 20.9 Å². The number of ether oxygens (including phenoxy) is 1. The van der Waals surface area contributed by atoms with Crippen molar-refractivity contribution in [1.82, 2.24) is 10.6 Å². The molecule has 0 aromatic heterocycles. The molecular formula is C18H24N2O7. The molecule has 1 aliphatic heterocycles. The summed E-state index contributed by atoms with van der Waals surface area (Å²) in [6.07, 6.45) is -3.15. The minimum atomic E-state index is -1.61. The smallest absolute Gasteiger partial charge is 0.370 e. The van der Waals surface area contributed by atoms with E-state index in [1.165, 1.54) is 13.0 Å². The second kappa shape index (κ2) is 9.47. The summed E-state index contributed by atoms with van der Waals surface area (Å²) in [5, 5.41) is 44.2. The van der Waals surface area contributed by atoms with Crippen molar-refractivity contribution < 1.29 is 34.8 Å². The van der Waals surface area contributed by atoms with Crippen molar-refractivity contribution in [3.8, 4) is 0 Å². The minimum Gasteiger partial charge on any atom is -0.478 e. The van der Waals surface area contributed by atoms with Gasteiger partial charge in [0.05, 0.1) is 18.7 Å². The molecule has 1 heterocycles. The van der Waals surface area contributed by atoms with E-state index in [9.17, 15) is 24.9 Å². The lowest BCUT2D eigenvalue weighted by molar-refractivity contribution is -0.146. The lowest BCUT2D eigenvalue weighted by atomic mass is 9.91. The number of aliphatic carboxylic acids is 1. The highest BCUT2D eigenvalue weighted by molar-refractivity contribution is 5.84. The number of hydrogen-bond acceptors (Lipinski definition) is 7. The van der Waals surface area contributed by atoms with Crippen molar-refractivity contribution in [3.63, 3.8) is 0 Å². The second-order valence-electron chi connectivity index (χ2n) is 6.28. The third-order valence-corrected chi connectivity index (χ3v) is 4.22. The van der Waals surface area contributed by atoms with E-state index in [4.69, 9.17) is 9.84 Å². The van der Waals surface area contributed by atoms with E-state index in [-0.39, 0.29) is 0 Å². The molecule has 0 saturated carbocycles. The number of amides is 1. The third-order valence-electron chi connectivity index (χ3n) is 4.22. The molecule has 0 fully saturated rings. The number of carbonyl (C=O) groups excluding carboxylic acids is 1.